The summed E-state index contributed by atoms with van der Waals surface area (Å²) < 4.78 is 5.56. The van der Waals surface area contributed by atoms with Crippen LogP contribution in [0.1, 0.15) is 5.56 Å². The minimum absolute atomic E-state index is 0.268. The molecule has 2 aromatic carbocycles. The Morgan fingerprint density at radius 3 is 2.52 bits per heavy atom. The van der Waals surface area contributed by atoms with E-state index < -0.39 is 6.10 Å². The molecule has 5 nitrogen and oxygen atoms in total. The number of phenols is 1. The highest BCUT2D eigenvalue weighted by Crippen LogP contribution is 2.17. The van der Waals surface area contributed by atoms with E-state index in [9.17, 15) is 10.2 Å². The molecule has 2 aromatic rings. The lowest BCUT2D eigenvalue weighted by molar-refractivity contribution is 0.0831. The summed E-state index contributed by atoms with van der Waals surface area (Å²) in [6.07, 6.45) is -0.506. The number of hydrogen-bond donors (Lipinski definition) is 3. The summed E-state index contributed by atoms with van der Waals surface area (Å²) in [5.74, 6) is 0.995. The van der Waals surface area contributed by atoms with E-state index in [1.54, 1.807) is 12.1 Å². The van der Waals surface area contributed by atoms with E-state index in [1.807, 2.05) is 55.4 Å². The molecular weight excluding hydrogens is 292 g/mol. The van der Waals surface area contributed by atoms with Crippen LogP contribution in [0, 0.1) is 0 Å². The Bertz CT molecular complexity index is 599. The van der Waals surface area contributed by atoms with Gasteiger partial charge in [-0.05, 0) is 56.1 Å². The quantitative estimate of drug-likeness (QED) is 0.697. The molecule has 0 aliphatic heterocycles. The Labute approximate surface area is 137 Å². The van der Waals surface area contributed by atoms with E-state index in [-0.39, 0.29) is 12.4 Å². The SMILES string of the molecule is CN(C)CC(O)COc1ccc(NCc2cccc(O)c2)cc1. The maximum absolute atomic E-state index is 9.77. The summed E-state index contributed by atoms with van der Waals surface area (Å²) >= 11 is 0. The minimum atomic E-state index is -0.506. The first-order valence-electron chi connectivity index (χ1n) is 7.60. The highest BCUT2D eigenvalue weighted by atomic mass is 16.5. The van der Waals surface area contributed by atoms with Crippen molar-refractivity contribution in [2.24, 2.45) is 0 Å². The second kappa shape index (κ2) is 8.41. The van der Waals surface area contributed by atoms with Crippen molar-refractivity contribution in [2.45, 2.75) is 12.6 Å². The number of phenolic OH excluding ortho intramolecular Hbond substituents is 1. The van der Waals surface area contributed by atoms with E-state index in [0.717, 1.165) is 17.0 Å². The number of aliphatic hydroxyl groups excluding tert-OH is 1. The van der Waals surface area contributed by atoms with Crippen LogP contribution in [0.25, 0.3) is 0 Å². The van der Waals surface area contributed by atoms with Gasteiger partial charge >= 0.3 is 0 Å². The number of hydrogen-bond acceptors (Lipinski definition) is 5. The van der Waals surface area contributed by atoms with Crippen molar-refractivity contribution in [1.82, 2.24) is 4.90 Å². The maximum Gasteiger partial charge on any atom is 0.119 e. The average molecular weight is 316 g/mol. The maximum atomic E-state index is 9.77. The molecule has 0 heterocycles. The molecule has 1 atom stereocenters. The van der Waals surface area contributed by atoms with Crippen LogP contribution in [-0.4, -0.2) is 48.5 Å². The molecule has 0 saturated carbocycles. The first kappa shape index (κ1) is 17.1. The van der Waals surface area contributed by atoms with Gasteiger partial charge in [0.15, 0.2) is 0 Å². The first-order valence-corrected chi connectivity index (χ1v) is 7.60. The Balaban J connectivity index is 1.80. The Morgan fingerprint density at radius 1 is 1.13 bits per heavy atom. The molecular formula is C18H24N2O3. The van der Waals surface area contributed by atoms with Crippen LogP contribution in [0.4, 0.5) is 5.69 Å². The molecule has 1 unspecified atom stereocenters. The highest BCUT2D eigenvalue weighted by molar-refractivity contribution is 5.47. The summed E-state index contributed by atoms with van der Waals surface area (Å²) in [5.41, 5.74) is 1.98. The Morgan fingerprint density at radius 2 is 1.87 bits per heavy atom. The van der Waals surface area contributed by atoms with E-state index in [4.69, 9.17) is 4.74 Å². The van der Waals surface area contributed by atoms with E-state index in [0.29, 0.717) is 13.1 Å². The van der Waals surface area contributed by atoms with Gasteiger partial charge in [0.25, 0.3) is 0 Å². The Hall–Kier alpha value is -2.24. The van der Waals surface area contributed by atoms with Crippen molar-refractivity contribution in [3.8, 4) is 11.5 Å². The lowest BCUT2D eigenvalue weighted by Gasteiger charge is -2.16. The van der Waals surface area contributed by atoms with Gasteiger partial charge in [-0.1, -0.05) is 12.1 Å². The minimum Gasteiger partial charge on any atom is -0.508 e. The van der Waals surface area contributed by atoms with Crippen LogP contribution < -0.4 is 10.1 Å². The summed E-state index contributed by atoms with van der Waals surface area (Å²) in [5, 5.41) is 22.5. The molecule has 2 rings (SSSR count). The Kier molecular flexibility index (Phi) is 6.26. The number of ether oxygens (including phenoxy) is 1. The summed E-state index contributed by atoms with van der Waals surface area (Å²) in [4.78, 5) is 1.92. The molecule has 0 spiro atoms. The fourth-order valence-corrected chi connectivity index (χ4v) is 2.21. The summed E-state index contributed by atoms with van der Waals surface area (Å²) in [6, 6.07) is 14.8. The van der Waals surface area contributed by atoms with Crippen molar-refractivity contribution in [1.29, 1.82) is 0 Å². The third kappa shape index (κ3) is 6.18. The van der Waals surface area contributed by atoms with E-state index in [1.165, 1.54) is 0 Å². The van der Waals surface area contributed by atoms with Crippen LogP contribution in [0.3, 0.4) is 0 Å². The summed E-state index contributed by atoms with van der Waals surface area (Å²) in [6.45, 7) is 1.48. The monoisotopic (exact) mass is 316 g/mol. The van der Waals surface area contributed by atoms with Crippen LogP contribution in [-0.2, 0) is 6.54 Å². The number of rotatable bonds is 8. The predicted molar refractivity (Wildman–Crippen MR) is 91.9 cm³/mol. The molecule has 0 bridgehead atoms. The number of nitrogens with zero attached hydrogens (tertiary/aromatic N) is 1. The number of nitrogens with one attached hydrogen (secondary N) is 1. The van der Waals surface area contributed by atoms with Crippen LogP contribution in [0.2, 0.25) is 0 Å². The van der Waals surface area contributed by atoms with Crippen molar-refractivity contribution >= 4 is 5.69 Å². The molecule has 0 aliphatic carbocycles. The molecule has 124 valence electrons. The van der Waals surface area contributed by atoms with Crippen LogP contribution in [0.5, 0.6) is 11.5 Å². The highest BCUT2D eigenvalue weighted by Gasteiger charge is 2.06. The van der Waals surface area contributed by atoms with Gasteiger partial charge in [0.2, 0.25) is 0 Å². The fraction of sp³-hybridized carbons (Fsp3) is 0.333. The third-order valence-electron chi connectivity index (χ3n) is 3.28. The number of aromatic hydroxyl groups is 1. The zero-order valence-corrected chi connectivity index (χ0v) is 13.6. The average Bonchev–Trinajstić information content (AvgIpc) is 2.51. The molecule has 0 saturated heterocycles. The van der Waals surface area contributed by atoms with Gasteiger partial charge in [0, 0.05) is 18.8 Å². The number of benzene rings is 2. The fourth-order valence-electron chi connectivity index (χ4n) is 2.21. The van der Waals surface area contributed by atoms with Gasteiger partial charge < -0.3 is 25.2 Å². The zero-order valence-electron chi connectivity index (χ0n) is 13.6. The predicted octanol–water partition coefficient (Wildman–Crippen LogP) is 2.31. The van der Waals surface area contributed by atoms with Crippen LogP contribution >= 0.6 is 0 Å². The van der Waals surface area contributed by atoms with Gasteiger partial charge in [-0.25, -0.2) is 0 Å². The van der Waals surface area contributed by atoms with E-state index in [2.05, 4.69) is 5.32 Å². The van der Waals surface area contributed by atoms with Crippen LogP contribution in [0.15, 0.2) is 48.5 Å². The lowest BCUT2D eigenvalue weighted by atomic mass is 10.2. The van der Waals surface area contributed by atoms with Gasteiger partial charge in [0.05, 0.1) is 0 Å². The van der Waals surface area contributed by atoms with Gasteiger partial charge in [-0.2, -0.15) is 0 Å². The topological polar surface area (TPSA) is 65.0 Å². The van der Waals surface area contributed by atoms with Gasteiger partial charge in [-0.15, -0.1) is 0 Å². The molecule has 0 fully saturated rings. The van der Waals surface area contributed by atoms with Crippen molar-refractivity contribution in [2.75, 3.05) is 32.6 Å². The van der Waals surface area contributed by atoms with E-state index >= 15 is 0 Å². The number of likely N-dealkylation sites (N-methyl/N-ethyl adjacent to an activating group) is 1. The van der Waals surface area contributed by atoms with Gasteiger partial charge in [-0.3, -0.25) is 0 Å². The second-order valence-corrected chi connectivity index (χ2v) is 5.77. The molecule has 23 heavy (non-hydrogen) atoms. The van der Waals surface area contributed by atoms with Gasteiger partial charge in [0.1, 0.15) is 24.2 Å². The largest absolute Gasteiger partial charge is 0.508 e. The first-order chi connectivity index (χ1) is 11.0. The van der Waals surface area contributed by atoms with Crippen molar-refractivity contribution < 1.29 is 14.9 Å². The standard InChI is InChI=1S/C18H24N2O3/c1-20(2)12-17(22)13-23-18-8-6-15(7-9-18)19-11-14-4-3-5-16(21)10-14/h3-10,17,19,21-22H,11-13H2,1-2H3. The normalized spacial score (nSPS) is 12.2. The zero-order chi connectivity index (χ0) is 16.7. The molecule has 0 radical (unpaired) electrons. The molecule has 0 aliphatic rings. The third-order valence-corrected chi connectivity index (χ3v) is 3.28. The van der Waals surface area contributed by atoms with Crippen molar-refractivity contribution in [3.63, 3.8) is 0 Å². The number of anilines is 1. The smallest absolute Gasteiger partial charge is 0.119 e. The lowest BCUT2D eigenvalue weighted by Crippen LogP contribution is -2.30. The molecule has 3 N–H and O–H groups in total. The summed E-state index contributed by atoms with van der Waals surface area (Å²) in [7, 11) is 3.83. The molecule has 5 heteroatoms. The molecule has 0 aromatic heterocycles. The molecule has 0 amide bonds. The second-order valence-electron chi connectivity index (χ2n) is 5.77. The van der Waals surface area contributed by atoms with Crippen molar-refractivity contribution in [3.05, 3.63) is 54.1 Å². The number of aliphatic hydroxyl groups is 1.